The Balaban J connectivity index is 1.67. The van der Waals surface area contributed by atoms with Crippen molar-refractivity contribution in [3.63, 3.8) is 0 Å². The maximum absolute atomic E-state index is 12.6. The molecule has 0 aliphatic carbocycles. The molecule has 1 aromatic carbocycles. The van der Waals surface area contributed by atoms with Crippen LogP contribution in [0, 0.1) is 0 Å². The molecular formula is C20H24BrN5O2S. The fourth-order valence-corrected chi connectivity index (χ4v) is 5.18. The zero-order chi connectivity index (χ0) is 20.4. The van der Waals surface area contributed by atoms with E-state index in [9.17, 15) is 9.59 Å². The Bertz CT molecular complexity index is 1130. The van der Waals surface area contributed by atoms with Crippen molar-refractivity contribution < 1.29 is 0 Å². The third-order valence-corrected chi connectivity index (χ3v) is 6.74. The molecule has 0 atom stereocenters. The number of likely N-dealkylation sites (tertiary alicyclic amines) is 1. The molecule has 154 valence electrons. The fraction of sp³-hybridized carbons (Fsp3) is 0.450. The van der Waals surface area contributed by atoms with Crippen LogP contribution in [0.25, 0.3) is 11.2 Å². The van der Waals surface area contributed by atoms with Crippen LogP contribution in [0.4, 0.5) is 0 Å². The number of thioether (sulfide) groups is 1. The van der Waals surface area contributed by atoms with Gasteiger partial charge in [-0.1, -0.05) is 46.2 Å². The van der Waals surface area contributed by atoms with Crippen LogP contribution in [0.1, 0.15) is 24.8 Å². The topological polar surface area (TPSA) is 75.9 Å². The molecule has 2 aromatic heterocycles. The molecule has 1 N–H and O–H groups in total. The van der Waals surface area contributed by atoms with E-state index in [0.717, 1.165) is 40.6 Å². The van der Waals surface area contributed by atoms with E-state index in [1.54, 1.807) is 18.8 Å². The van der Waals surface area contributed by atoms with E-state index in [1.807, 2.05) is 28.8 Å². The van der Waals surface area contributed by atoms with Crippen molar-refractivity contribution in [2.75, 3.05) is 25.4 Å². The maximum atomic E-state index is 12.6. The third kappa shape index (κ3) is 4.51. The Hall–Kier alpha value is -1.84. The van der Waals surface area contributed by atoms with Gasteiger partial charge in [0.05, 0.1) is 6.54 Å². The van der Waals surface area contributed by atoms with Gasteiger partial charge in [0.25, 0.3) is 5.56 Å². The van der Waals surface area contributed by atoms with Gasteiger partial charge in [0.2, 0.25) is 0 Å². The predicted molar refractivity (Wildman–Crippen MR) is 120 cm³/mol. The van der Waals surface area contributed by atoms with E-state index in [4.69, 9.17) is 0 Å². The van der Waals surface area contributed by atoms with Crippen LogP contribution < -0.4 is 11.2 Å². The first-order valence-electron chi connectivity index (χ1n) is 9.82. The summed E-state index contributed by atoms with van der Waals surface area (Å²) in [6, 6.07) is 8.00. The molecule has 0 saturated carbocycles. The standard InChI is InChI=1S/C20H24BrN5O2S/c1-24-17-16(18(27)23-19(24)28)26(13-14-6-5-7-15(21)12-14)20(22-17)29-11-10-25-8-3-2-4-9-25/h5-7,12H,2-4,8-11,13H2,1H3,(H,23,27,28). The van der Waals surface area contributed by atoms with Crippen LogP contribution in [0.2, 0.25) is 0 Å². The van der Waals surface area contributed by atoms with Gasteiger partial charge in [0.15, 0.2) is 16.3 Å². The average molecular weight is 478 g/mol. The van der Waals surface area contributed by atoms with Gasteiger partial charge in [-0.05, 0) is 43.6 Å². The molecule has 1 aliphatic heterocycles. The van der Waals surface area contributed by atoms with Crippen LogP contribution >= 0.6 is 27.7 Å². The number of H-pyrrole nitrogens is 1. The van der Waals surface area contributed by atoms with E-state index in [1.165, 1.54) is 23.8 Å². The summed E-state index contributed by atoms with van der Waals surface area (Å²) in [5.41, 5.74) is 1.08. The molecule has 7 nitrogen and oxygen atoms in total. The van der Waals surface area contributed by atoms with Crippen LogP contribution in [0.15, 0.2) is 43.5 Å². The van der Waals surface area contributed by atoms with E-state index < -0.39 is 11.2 Å². The second-order valence-electron chi connectivity index (χ2n) is 7.35. The minimum atomic E-state index is -0.445. The molecule has 1 aliphatic rings. The highest BCUT2D eigenvalue weighted by Crippen LogP contribution is 2.24. The van der Waals surface area contributed by atoms with Gasteiger partial charge >= 0.3 is 5.69 Å². The zero-order valence-electron chi connectivity index (χ0n) is 16.4. The van der Waals surface area contributed by atoms with Gasteiger partial charge < -0.3 is 9.47 Å². The lowest BCUT2D eigenvalue weighted by atomic mass is 10.1. The summed E-state index contributed by atoms with van der Waals surface area (Å²) in [4.78, 5) is 34.2. The van der Waals surface area contributed by atoms with Crippen molar-refractivity contribution in [1.29, 1.82) is 0 Å². The first kappa shape index (κ1) is 20.4. The minimum absolute atomic E-state index is 0.395. The van der Waals surface area contributed by atoms with E-state index in [0.29, 0.717) is 17.7 Å². The summed E-state index contributed by atoms with van der Waals surface area (Å²) in [6.07, 6.45) is 3.86. The van der Waals surface area contributed by atoms with Crippen LogP contribution in [-0.4, -0.2) is 49.4 Å². The van der Waals surface area contributed by atoms with E-state index >= 15 is 0 Å². The number of hydrogen-bond acceptors (Lipinski definition) is 5. The van der Waals surface area contributed by atoms with Gasteiger partial charge in [-0.15, -0.1) is 0 Å². The Kier molecular flexibility index (Phi) is 6.26. The van der Waals surface area contributed by atoms with Crippen LogP contribution in [0.3, 0.4) is 0 Å². The van der Waals surface area contributed by atoms with Gasteiger partial charge in [0.1, 0.15) is 0 Å². The largest absolute Gasteiger partial charge is 0.329 e. The van der Waals surface area contributed by atoms with Crippen molar-refractivity contribution >= 4 is 38.9 Å². The summed E-state index contributed by atoms with van der Waals surface area (Å²) >= 11 is 5.15. The highest BCUT2D eigenvalue weighted by molar-refractivity contribution is 9.10. The number of nitrogens with zero attached hydrogens (tertiary/aromatic N) is 4. The fourth-order valence-electron chi connectivity index (χ4n) is 3.74. The van der Waals surface area contributed by atoms with Crippen molar-refractivity contribution in [3.8, 4) is 0 Å². The van der Waals surface area contributed by atoms with Crippen molar-refractivity contribution in [1.82, 2.24) is 24.0 Å². The first-order valence-corrected chi connectivity index (χ1v) is 11.6. The Morgan fingerprint density at radius 3 is 2.76 bits per heavy atom. The molecule has 1 fully saturated rings. The molecular weight excluding hydrogens is 454 g/mol. The Labute approximate surface area is 181 Å². The lowest BCUT2D eigenvalue weighted by Crippen LogP contribution is -2.31. The maximum Gasteiger partial charge on any atom is 0.329 e. The molecule has 1 saturated heterocycles. The van der Waals surface area contributed by atoms with E-state index in [-0.39, 0.29) is 0 Å². The number of rotatable bonds is 6. The van der Waals surface area contributed by atoms with Crippen molar-refractivity contribution in [2.24, 2.45) is 7.05 Å². The Morgan fingerprint density at radius 2 is 2.00 bits per heavy atom. The zero-order valence-corrected chi connectivity index (χ0v) is 18.8. The minimum Gasteiger partial charge on any atom is -0.309 e. The quantitative estimate of drug-likeness (QED) is 0.552. The molecule has 0 radical (unpaired) electrons. The summed E-state index contributed by atoms with van der Waals surface area (Å²) < 4.78 is 4.32. The van der Waals surface area contributed by atoms with Gasteiger partial charge in [-0.2, -0.15) is 0 Å². The van der Waals surface area contributed by atoms with Crippen molar-refractivity contribution in [2.45, 2.75) is 31.0 Å². The number of imidazole rings is 1. The number of piperidine rings is 1. The van der Waals surface area contributed by atoms with Crippen molar-refractivity contribution in [3.05, 3.63) is 55.1 Å². The molecule has 4 rings (SSSR count). The third-order valence-electron chi connectivity index (χ3n) is 5.29. The molecule has 0 unspecified atom stereocenters. The number of hydrogen-bond donors (Lipinski definition) is 1. The summed E-state index contributed by atoms with van der Waals surface area (Å²) in [6.45, 7) is 3.83. The van der Waals surface area contributed by atoms with Crippen LogP contribution in [-0.2, 0) is 13.6 Å². The van der Waals surface area contributed by atoms with Crippen LogP contribution in [0.5, 0.6) is 0 Å². The Morgan fingerprint density at radius 1 is 1.21 bits per heavy atom. The van der Waals surface area contributed by atoms with E-state index in [2.05, 4.69) is 30.8 Å². The molecule has 3 aromatic rings. The molecule has 29 heavy (non-hydrogen) atoms. The molecule has 0 bridgehead atoms. The monoisotopic (exact) mass is 477 g/mol. The van der Waals surface area contributed by atoms with Gasteiger partial charge in [0, 0.05) is 23.8 Å². The normalized spacial score (nSPS) is 15.2. The average Bonchev–Trinajstić information content (AvgIpc) is 3.06. The lowest BCUT2D eigenvalue weighted by Gasteiger charge is -2.25. The van der Waals surface area contributed by atoms with Gasteiger partial charge in [-0.25, -0.2) is 9.78 Å². The number of benzene rings is 1. The first-order chi connectivity index (χ1) is 14.0. The SMILES string of the molecule is Cn1c(=O)[nH]c(=O)c2c1nc(SCCN1CCCCC1)n2Cc1cccc(Br)c1. The summed E-state index contributed by atoms with van der Waals surface area (Å²) in [7, 11) is 1.64. The number of nitrogens with one attached hydrogen (secondary N) is 1. The number of halogens is 1. The molecule has 0 amide bonds. The number of aryl methyl sites for hydroxylation is 1. The summed E-state index contributed by atoms with van der Waals surface area (Å²) in [5, 5.41) is 0.767. The lowest BCUT2D eigenvalue weighted by molar-refractivity contribution is 0.242. The number of aromatic nitrogens is 4. The molecule has 3 heterocycles. The second kappa shape index (κ2) is 8.89. The number of fused-ring (bicyclic) bond motifs is 1. The summed E-state index contributed by atoms with van der Waals surface area (Å²) in [5.74, 6) is 0.896. The second-order valence-corrected chi connectivity index (χ2v) is 9.33. The predicted octanol–water partition coefficient (Wildman–Crippen LogP) is 2.81. The smallest absolute Gasteiger partial charge is 0.309 e. The number of aromatic amines is 1. The van der Waals surface area contributed by atoms with Gasteiger partial charge in [-0.3, -0.25) is 14.3 Å². The molecule has 0 spiro atoms. The highest BCUT2D eigenvalue weighted by atomic mass is 79.9. The highest BCUT2D eigenvalue weighted by Gasteiger charge is 2.18. The molecule has 9 heteroatoms.